The second-order valence-corrected chi connectivity index (χ2v) is 4.28. The first-order valence-electron chi connectivity index (χ1n) is 4.25. The standard InChI is InChI=1S/C8H8Cl2N4O2S/c1-13(11)8(17)12-6-2-5(10)7(14(15)16)3-4(6)9/h2-3H,11H2,1H3,(H,12,17). The van der Waals surface area contributed by atoms with E-state index in [-0.39, 0.29) is 20.8 Å². The van der Waals surface area contributed by atoms with Crippen LogP contribution in [0.5, 0.6) is 0 Å². The number of thiocarbonyl (C=S) groups is 1. The Balaban J connectivity index is 3.08. The lowest BCUT2D eigenvalue weighted by molar-refractivity contribution is -0.384. The lowest BCUT2D eigenvalue weighted by atomic mass is 10.3. The largest absolute Gasteiger partial charge is 0.330 e. The zero-order chi connectivity index (χ0) is 13.2. The summed E-state index contributed by atoms with van der Waals surface area (Å²) >= 11 is 16.5. The smallest absolute Gasteiger partial charge is 0.289 e. The molecule has 0 aliphatic rings. The molecule has 0 saturated carbocycles. The Hall–Kier alpha value is -1.15. The molecule has 0 amide bonds. The van der Waals surface area contributed by atoms with Crippen molar-refractivity contribution < 1.29 is 4.92 Å². The average Bonchev–Trinajstić information content (AvgIpc) is 2.22. The van der Waals surface area contributed by atoms with E-state index >= 15 is 0 Å². The number of benzene rings is 1. The summed E-state index contributed by atoms with van der Waals surface area (Å²) in [6.07, 6.45) is 0. The van der Waals surface area contributed by atoms with E-state index in [1.807, 2.05) is 0 Å². The highest BCUT2D eigenvalue weighted by Crippen LogP contribution is 2.33. The van der Waals surface area contributed by atoms with Crippen molar-refractivity contribution in [2.45, 2.75) is 0 Å². The van der Waals surface area contributed by atoms with Crippen molar-refractivity contribution in [2.24, 2.45) is 5.84 Å². The highest BCUT2D eigenvalue weighted by atomic mass is 35.5. The number of nitrogens with two attached hydrogens (primary N) is 1. The quantitative estimate of drug-likeness (QED) is 0.377. The van der Waals surface area contributed by atoms with Crippen LogP contribution in [0.2, 0.25) is 10.0 Å². The summed E-state index contributed by atoms with van der Waals surface area (Å²) < 4.78 is 0. The SMILES string of the molecule is CN(N)C(=S)Nc1cc(Cl)c([N+](=O)[O-])cc1Cl. The summed E-state index contributed by atoms with van der Waals surface area (Å²) in [4.78, 5) is 9.98. The van der Waals surface area contributed by atoms with Crippen LogP contribution in [0.15, 0.2) is 12.1 Å². The number of rotatable bonds is 2. The topological polar surface area (TPSA) is 84.4 Å². The summed E-state index contributed by atoms with van der Waals surface area (Å²) in [7, 11) is 1.54. The van der Waals surface area contributed by atoms with Gasteiger partial charge in [0, 0.05) is 13.1 Å². The highest BCUT2D eigenvalue weighted by molar-refractivity contribution is 7.80. The van der Waals surface area contributed by atoms with Gasteiger partial charge >= 0.3 is 0 Å². The summed E-state index contributed by atoms with van der Waals surface area (Å²) in [6, 6.07) is 2.46. The Labute approximate surface area is 112 Å². The summed E-state index contributed by atoms with van der Waals surface area (Å²) in [5.41, 5.74) is 0.0822. The number of nitrogens with zero attached hydrogens (tertiary/aromatic N) is 2. The Kier molecular flexibility index (Phi) is 4.47. The van der Waals surface area contributed by atoms with E-state index in [9.17, 15) is 10.1 Å². The molecule has 92 valence electrons. The number of hydrogen-bond acceptors (Lipinski definition) is 4. The van der Waals surface area contributed by atoms with Gasteiger partial charge in [-0.3, -0.25) is 15.1 Å². The number of hydrogen-bond donors (Lipinski definition) is 2. The molecular weight excluding hydrogens is 287 g/mol. The molecule has 3 N–H and O–H groups in total. The van der Waals surface area contributed by atoms with Gasteiger partial charge < -0.3 is 5.32 Å². The van der Waals surface area contributed by atoms with Crippen molar-refractivity contribution in [3.05, 3.63) is 32.3 Å². The fourth-order valence-electron chi connectivity index (χ4n) is 0.975. The van der Waals surface area contributed by atoms with Crippen molar-refractivity contribution in [2.75, 3.05) is 12.4 Å². The number of hydrazine groups is 1. The van der Waals surface area contributed by atoms with E-state index < -0.39 is 4.92 Å². The van der Waals surface area contributed by atoms with Gasteiger partial charge in [0.1, 0.15) is 5.02 Å². The Bertz CT molecular complexity index is 481. The predicted molar refractivity (Wildman–Crippen MR) is 71.3 cm³/mol. The van der Waals surface area contributed by atoms with Crippen LogP contribution in [0.25, 0.3) is 0 Å². The number of nitrogens with one attached hydrogen (secondary N) is 1. The van der Waals surface area contributed by atoms with Crippen molar-refractivity contribution >= 4 is 51.9 Å². The molecule has 0 bridgehead atoms. The third kappa shape index (κ3) is 3.40. The zero-order valence-corrected chi connectivity index (χ0v) is 10.9. The normalized spacial score (nSPS) is 9.88. The van der Waals surface area contributed by atoms with Gasteiger partial charge in [-0.05, 0) is 18.3 Å². The lowest BCUT2D eigenvalue weighted by Crippen LogP contribution is -2.36. The van der Waals surface area contributed by atoms with Crippen molar-refractivity contribution in [1.82, 2.24) is 5.01 Å². The Morgan fingerprint density at radius 3 is 2.59 bits per heavy atom. The van der Waals surface area contributed by atoms with Gasteiger partial charge in [-0.15, -0.1) is 0 Å². The summed E-state index contributed by atoms with van der Waals surface area (Å²) in [6.45, 7) is 0. The van der Waals surface area contributed by atoms with Gasteiger partial charge in [-0.25, -0.2) is 5.84 Å². The van der Waals surface area contributed by atoms with E-state index in [0.29, 0.717) is 5.69 Å². The van der Waals surface area contributed by atoms with Gasteiger partial charge in [0.2, 0.25) is 0 Å². The molecule has 0 aromatic heterocycles. The minimum atomic E-state index is -0.620. The van der Waals surface area contributed by atoms with Crippen LogP contribution in [0.4, 0.5) is 11.4 Å². The third-order valence-electron chi connectivity index (χ3n) is 1.80. The van der Waals surface area contributed by atoms with E-state index in [1.165, 1.54) is 18.1 Å². The second kappa shape index (κ2) is 5.46. The van der Waals surface area contributed by atoms with E-state index in [2.05, 4.69) is 5.32 Å². The number of nitro groups is 1. The fourth-order valence-corrected chi connectivity index (χ4v) is 1.52. The minimum absolute atomic E-state index is 0.0376. The maximum atomic E-state index is 10.6. The maximum absolute atomic E-state index is 10.6. The number of anilines is 1. The monoisotopic (exact) mass is 294 g/mol. The molecular formula is C8H8Cl2N4O2S. The molecule has 6 nitrogen and oxygen atoms in total. The molecule has 0 aliphatic heterocycles. The zero-order valence-electron chi connectivity index (χ0n) is 8.61. The average molecular weight is 295 g/mol. The molecule has 9 heteroatoms. The summed E-state index contributed by atoms with van der Waals surface area (Å²) in [5.74, 6) is 5.40. The van der Waals surface area contributed by atoms with Crippen LogP contribution in [0.1, 0.15) is 0 Å². The van der Waals surface area contributed by atoms with Gasteiger partial charge in [0.25, 0.3) is 5.69 Å². The van der Waals surface area contributed by atoms with Crippen molar-refractivity contribution in [1.29, 1.82) is 0 Å². The molecule has 1 rings (SSSR count). The Morgan fingerprint density at radius 1 is 1.53 bits per heavy atom. The molecule has 1 aromatic carbocycles. The first-order chi connectivity index (χ1) is 7.82. The van der Waals surface area contributed by atoms with Crippen LogP contribution >= 0.6 is 35.4 Å². The molecule has 0 heterocycles. The van der Waals surface area contributed by atoms with Crippen LogP contribution in [0, 0.1) is 10.1 Å². The van der Waals surface area contributed by atoms with E-state index in [1.54, 1.807) is 0 Å². The van der Waals surface area contributed by atoms with Crippen molar-refractivity contribution in [3.8, 4) is 0 Å². The maximum Gasteiger partial charge on any atom is 0.289 e. The van der Waals surface area contributed by atoms with Gasteiger partial charge in [-0.1, -0.05) is 23.2 Å². The Morgan fingerprint density at radius 2 is 2.12 bits per heavy atom. The van der Waals surface area contributed by atoms with Gasteiger partial charge in [-0.2, -0.15) is 0 Å². The van der Waals surface area contributed by atoms with Gasteiger partial charge in [0.05, 0.1) is 15.6 Å². The third-order valence-corrected chi connectivity index (χ3v) is 2.80. The molecule has 0 spiro atoms. The van der Waals surface area contributed by atoms with E-state index in [0.717, 1.165) is 6.07 Å². The lowest BCUT2D eigenvalue weighted by Gasteiger charge is -2.15. The highest BCUT2D eigenvalue weighted by Gasteiger charge is 2.16. The molecule has 0 saturated heterocycles. The molecule has 1 aromatic rings. The van der Waals surface area contributed by atoms with E-state index in [4.69, 9.17) is 41.3 Å². The summed E-state index contributed by atoms with van der Waals surface area (Å²) in [5, 5.41) is 14.8. The molecule has 0 radical (unpaired) electrons. The number of halogens is 2. The fraction of sp³-hybridized carbons (Fsp3) is 0.125. The van der Waals surface area contributed by atoms with Crippen LogP contribution < -0.4 is 11.2 Å². The minimum Gasteiger partial charge on any atom is -0.330 e. The number of nitro benzene ring substituents is 1. The first kappa shape index (κ1) is 13.9. The van der Waals surface area contributed by atoms with Gasteiger partial charge in [0.15, 0.2) is 5.11 Å². The molecule has 0 aliphatic carbocycles. The molecule has 0 atom stereocenters. The molecule has 0 fully saturated rings. The van der Waals surface area contributed by atoms with Crippen LogP contribution in [-0.4, -0.2) is 22.1 Å². The second-order valence-electron chi connectivity index (χ2n) is 3.08. The predicted octanol–water partition coefficient (Wildman–Crippen LogP) is 2.40. The van der Waals surface area contributed by atoms with Crippen LogP contribution in [-0.2, 0) is 0 Å². The molecule has 0 unspecified atom stereocenters. The molecule has 17 heavy (non-hydrogen) atoms. The van der Waals surface area contributed by atoms with Crippen molar-refractivity contribution in [3.63, 3.8) is 0 Å². The first-order valence-corrected chi connectivity index (χ1v) is 5.42. The van der Waals surface area contributed by atoms with Crippen LogP contribution in [0.3, 0.4) is 0 Å².